The van der Waals surface area contributed by atoms with Crippen molar-refractivity contribution in [2.45, 2.75) is 24.7 Å². The van der Waals surface area contributed by atoms with E-state index >= 15 is 0 Å². The van der Waals surface area contributed by atoms with Crippen molar-refractivity contribution >= 4 is 21.4 Å². The summed E-state index contributed by atoms with van der Waals surface area (Å²) < 4.78 is 26.6. The van der Waals surface area contributed by atoms with Gasteiger partial charge in [0.15, 0.2) is 4.90 Å². The van der Waals surface area contributed by atoms with Gasteiger partial charge in [0.2, 0.25) is 10.0 Å². The van der Waals surface area contributed by atoms with E-state index in [9.17, 15) is 18.5 Å². The largest absolute Gasteiger partial charge is 0.399 e. The van der Waals surface area contributed by atoms with Gasteiger partial charge in [-0.05, 0) is 30.4 Å². The van der Waals surface area contributed by atoms with Crippen molar-refractivity contribution in [2.24, 2.45) is 5.41 Å². The maximum absolute atomic E-state index is 12.1. The maximum Gasteiger partial charge on any atom is 0.289 e. The van der Waals surface area contributed by atoms with Crippen LogP contribution in [0.4, 0.5) is 11.4 Å². The highest BCUT2D eigenvalue weighted by molar-refractivity contribution is 7.89. The van der Waals surface area contributed by atoms with Crippen molar-refractivity contribution in [1.29, 1.82) is 0 Å². The Hall–Kier alpha value is -1.67. The van der Waals surface area contributed by atoms with Crippen LogP contribution in [0.5, 0.6) is 0 Å². The summed E-state index contributed by atoms with van der Waals surface area (Å²) in [6.45, 7) is 2.24. The summed E-state index contributed by atoms with van der Waals surface area (Å²) in [5, 5.41) is 10.9. The van der Waals surface area contributed by atoms with Crippen LogP contribution >= 0.6 is 0 Å². The predicted molar refractivity (Wildman–Crippen MR) is 70.0 cm³/mol. The molecule has 2 rings (SSSR count). The third-order valence-electron chi connectivity index (χ3n) is 3.26. The summed E-state index contributed by atoms with van der Waals surface area (Å²) >= 11 is 0. The summed E-state index contributed by atoms with van der Waals surface area (Å²) in [5.74, 6) is 0. The lowest BCUT2D eigenvalue weighted by molar-refractivity contribution is -0.387. The SMILES string of the molecule is CC1(CNS(=O)(=O)c2cc(N)ccc2[N+](=O)[O-])CC1. The molecule has 0 radical (unpaired) electrons. The zero-order chi connectivity index (χ0) is 14.3. The highest BCUT2D eigenvalue weighted by Crippen LogP contribution is 2.44. The van der Waals surface area contributed by atoms with E-state index in [1.54, 1.807) is 0 Å². The molecule has 0 amide bonds. The molecule has 0 bridgehead atoms. The zero-order valence-corrected chi connectivity index (χ0v) is 11.2. The van der Waals surface area contributed by atoms with Gasteiger partial charge >= 0.3 is 0 Å². The number of nitro benzene ring substituents is 1. The Balaban J connectivity index is 2.33. The number of nitrogens with two attached hydrogens (primary N) is 1. The monoisotopic (exact) mass is 285 g/mol. The van der Waals surface area contributed by atoms with Gasteiger partial charge in [0, 0.05) is 18.3 Å². The summed E-state index contributed by atoms with van der Waals surface area (Å²) in [6.07, 6.45) is 1.91. The second-order valence-corrected chi connectivity index (χ2v) is 6.85. The molecule has 0 aliphatic heterocycles. The maximum atomic E-state index is 12.1. The van der Waals surface area contributed by atoms with Gasteiger partial charge in [-0.15, -0.1) is 0 Å². The van der Waals surface area contributed by atoms with E-state index in [4.69, 9.17) is 5.73 Å². The first-order valence-corrected chi connectivity index (χ1v) is 7.25. The Bertz CT molecular complexity index is 623. The molecule has 1 fully saturated rings. The van der Waals surface area contributed by atoms with Crippen LogP contribution in [0.15, 0.2) is 23.1 Å². The molecule has 1 saturated carbocycles. The number of nitrogen functional groups attached to an aromatic ring is 1. The van der Waals surface area contributed by atoms with Gasteiger partial charge < -0.3 is 5.73 Å². The molecular formula is C11H15N3O4S. The molecule has 1 aromatic carbocycles. The lowest BCUT2D eigenvalue weighted by Gasteiger charge is -2.11. The summed E-state index contributed by atoms with van der Waals surface area (Å²) in [5.41, 5.74) is 5.18. The van der Waals surface area contributed by atoms with E-state index in [1.807, 2.05) is 6.92 Å². The number of benzene rings is 1. The van der Waals surface area contributed by atoms with Gasteiger partial charge in [-0.3, -0.25) is 10.1 Å². The van der Waals surface area contributed by atoms with Crippen LogP contribution in [-0.2, 0) is 10.0 Å². The molecule has 0 heterocycles. The van der Waals surface area contributed by atoms with Crippen LogP contribution in [0, 0.1) is 15.5 Å². The van der Waals surface area contributed by atoms with Gasteiger partial charge in [0.1, 0.15) is 0 Å². The van der Waals surface area contributed by atoms with E-state index in [2.05, 4.69) is 4.72 Å². The zero-order valence-electron chi connectivity index (χ0n) is 10.4. The fourth-order valence-electron chi connectivity index (χ4n) is 1.63. The second kappa shape index (κ2) is 4.46. The highest BCUT2D eigenvalue weighted by atomic mass is 32.2. The Labute approximate surface area is 111 Å². The minimum atomic E-state index is -3.92. The van der Waals surface area contributed by atoms with E-state index in [-0.39, 0.29) is 22.5 Å². The van der Waals surface area contributed by atoms with E-state index in [1.165, 1.54) is 6.07 Å². The van der Waals surface area contributed by atoms with Crippen molar-refractivity contribution in [3.05, 3.63) is 28.3 Å². The first-order valence-electron chi connectivity index (χ1n) is 5.77. The topological polar surface area (TPSA) is 115 Å². The molecular weight excluding hydrogens is 270 g/mol. The number of nitro groups is 1. The molecule has 104 valence electrons. The number of anilines is 1. The van der Waals surface area contributed by atoms with Crippen LogP contribution in [-0.4, -0.2) is 19.9 Å². The molecule has 0 unspecified atom stereocenters. The van der Waals surface area contributed by atoms with Gasteiger partial charge in [0.25, 0.3) is 5.69 Å². The highest BCUT2D eigenvalue weighted by Gasteiger charge is 2.38. The minimum absolute atomic E-state index is 0.0256. The molecule has 1 aliphatic rings. The first-order chi connectivity index (χ1) is 8.73. The standard InChI is InChI=1S/C11H15N3O4S/c1-11(4-5-11)7-13-19(17,18)10-6-8(12)2-3-9(10)14(15)16/h2-3,6,13H,4-5,7,12H2,1H3. The Morgan fingerprint density at radius 2 is 2.11 bits per heavy atom. The molecule has 0 atom stereocenters. The van der Waals surface area contributed by atoms with E-state index in [0.717, 1.165) is 25.0 Å². The molecule has 1 aliphatic carbocycles. The summed E-state index contributed by atoms with van der Waals surface area (Å²) in [6, 6.07) is 3.51. The number of sulfonamides is 1. The van der Waals surface area contributed by atoms with Crippen molar-refractivity contribution < 1.29 is 13.3 Å². The number of nitrogens with zero attached hydrogens (tertiary/aromatic N) is 1. The number of rotatable bonds is 5. The van der Waals surface area contributed by atoms with Crippen molar-refractivity contribution in [2.75, 3.05) is 12.3 Å². The van der Waals surface area contributed by atoms with Crippen LogP contribution in [0.3, 0.4) is 0 Å². The third-order valence-corrected chi connectivity index (χ3v) is 4.69. The lowest BCUT2D eigenvalue weighted by atomic mass is 10.2. The summed E-state index contributed by atoms with van der Waals surface area (Å²) in [7, 11) is -3.92. The van der Waals surface area contributed by atoms with Gasteiger partial charge in [-0.25, -0.2) is 13.1 Å². The van der Waals surface area contributed by atoms with Crippen LogP contribution < -0.4 is 10.5 Å². The normalized spacial score (nSPS) is 17.1. The van der Waals surface area contributed by atoms with Crippen LogP contribution in [0.25, 0.3) is 0 Å². The average Bonchev–Trinajstić information content (AvgIpc) is 3.05. The second-order valence-electron chi connectivity index (χ2n) is 5.12. The van der Waals surface area contributed by atoms with E-state index < -0.39 is 20.6 Å². The average molecular weight is 285 g/mol. The molecule has 8 heteroatoms. The van der Waals surface area contributed by atoms with Crippen LogP contribution in [0.2, 0.25) is 0 Å². The molecule has 0 aromatic heterocycles. The van der Waals surface area contributed by atoms with Crippen LogP contribution in [0.1, 0.15) is 19.8 Å². The van der Waals surface area contributed by atoms with Gasteiger partial charge in [0.05, 0.1) is 4.92 Å². The third kappa shape index (κ3) is 3.02. The molecule has 1 aromatic rings. The van der Waals surface area contributed by atoms with E-state index in [0.29, 0.717) is 0 Å². The first kappa shape index (κ1) is 13.8. The van der Waals surface area contributed by atoms with Crippen molar-refractivity contribution in [3.63, 3.8) is 0 Å². The quantitative estimate of drug-likeness (QED) is 0.480. The Morgan fingerprint density at radius 1 is 1.47 bits per heavy atom. The number of nitrogens with one attached hydrogen (secondary N) is 1. The van der Waals surface area contributed by atoms with Crippen molar-refractivity contribution in [1.82, 2.24) is 4.72 Å². The number of hydrogen-bond acceptors (Lipinski definition) is 5. The molecule has 19 heavy (non-hydrogen) atoms. The minimum Gasteiger partial charge on any atom is -0.399 e. The predicted octanol–water partition coefficient (Wildman–Crippen LogP) is 1.26. The smallest absolute Gasteiger partial charge is 0.289 e. The fourth-order valence-corrected chi connectivity index (χ4v) is 3.04. The Morgan fingerprint density at radius 3 is 2.63 bits per heavy atom. The van der Waals surface area contributed by atoms with Gasteiger partial charge in [-0.2, -0.15) is 0 Å². The molecule has 7 nitrogen and oxygen atoms in total. The Kier molecular flexibility index (Phi) is 3.23. The summed E-state index contributed by atoms with van der Waals surface area (Å²) in [4.78, 5) is 9.75. The molecule has 3 N–H and O–H groups in total. The molecule has 0 spiro atoms. The fraction of sp³-hybridized carbons (Fsp3) is 0.455. The molecule has 0 saturated heterocycles. The van der Waals surface area contributed by atoms with Crippen molar-refractivity contribution in [3.8, 4) is 0 Å². The van der Waals surface area contributed by atoms with Gasteiger partial charge in [-0.1, -0.05) is 6.92 Å². The lowest BCUT2D eigenvalue weighted by Crippen LogP contribution is -2.29. The number of hydrogen-bond donors (Lipinski definition) is 2.